The van der Waals surface area contributed by atoms with Gasteiger partial charge in [-0.15, -0.1) is 12.4 Å². The van der Waals surface area contributed by atoms with Crippen LogP contribution in [0, 0.1) is 0 Å². The number of hydrogen-bond donors (Lipinski definition) is 2. The van der Waals surface area contributed by atoms with Crippen LogP contribution < -0.4 is 11.5 Å². The highest BCUT2D eigenvalue weighted by molar-refractivity contribution is 5.88. The number of carbonyl (C=O) groups is 1. The summed E-state index contributed by atoms with van der Waals surface area (Å²) in [5, 5.41) is 0. The zero-order valence-corrected chi connectivity index (χ0v) is 18.4. The molecule has 2 aromatic rings. The van der Waals surface area contributed by atoms with E-state index in [2.05, 4.69) is 0 Å². The first-order valence-electron chi connectivity index (χ1n) is 10.2. The van der Waals surface area contributed by atoms with Crippen LogP contribution in [0.5, 0.6) is 0 Å². The predicted molar refractivity (Wildman–Crippen MR) is 115 cm³/mol. The van der Waals surface area contributed by atoms with Gasteiger partial charge >= 0.3 is 12.4 Å². The van der Waals surface area contributed by atoms with Crippen LogP contribution in [-0.4, -0.2) is 5.91 Å². The first-order chi connectivity index (χ1) is 14.8. The summed E-state index contributed by atoms with van der Waals surface area (Å²) < 4.78 is 76.6. The van der Waals surface area contributed by atoms with E-state index in [1.807, 2.05) is 0 Å². The highest BCUT2D eigenvalue weighted by Gasteiger charge is 2.49. The number of nitrogens with two attached hydrogens (primary N) is 2. The van der Waals surface area contributed by atoms with Crippen LogP contribution in [-0.2, 0) is 28.1 Å². The maximum absolute atomic E-state index is 12.9. The average Bonchev–Trinajstić information content (AvgIpc) is 2.64. The SMILES string of the molecule is Cl.NC(=O)C1(c2ccccc2C(F)(F)F)CCC1.NC1(c2ccccc2C(F)(F)F)CCC1. The summed E-state index contributed by atoms with van der Waals surface area (Å²) in [6.07, 6.45) is -5.05. The Morgan fingerprint density at radius 2 is 1.12 bits per heavy atom. The molecule has 33 heavy (non-hydrogen) atoms. The molecule has 0 heterocycles. The number of carbonyl (C=O) groups excluding carboxylic acids is 1. The Hall–Kier alpha value is -2.26. The molecule has 0 radical (unpaired) electrons. The van der Waals surface area contributed by atoms with Gasteiger partial charge in [-0.25, -0.2) is 0 Å². The molecule has 2 aliphatic carbocycles. The highest BCUT2D eigenvalue weighted by Crippen LogP contribution is 2.48. The maximum Gasteiger partial charge on any atom is 0.416 e. The predicted octanol–water partition coefficient (Wildman–Crippen LogP) is 6.08. The Bertz CT molecular complexity index is 981. The average molecular weight is 495 g/mol. The monoisotopic (exact) mass is 494 g/mol. The van der Waals surface area contributed by atoms with E-state index in [1.54, 1.807) is 6.07 Å². The molecule has 0 saturated heterocycles. The third-order valence-electron chi connectivity index (χ3n) is 6.44. The molecule has 182 valence electrons. The summed E-state index contributed by atoms with van der Waals surface area (Å²) in [6, 6.07) is 10.8. The van der Waals surface area contributed by atoms with Crippen LogP contribution in [0.25, 0.3) is 0 Å². The number of alkyl halides is 6. The Kier molecular flexibility index (Phi) is 7.80. The number of amides is 1. The van der Waals surface area contributed by atoms with E-state index in [9.17, 15) is 31.1 Å². The second kappa shape index (κ2) is 9.54. The molecular weight excluding hydrogens is 470 g/mol. The lowest BCUT2D eigenvalue weighted by molar-refractivity contribution is -0.140. The third-order valence-corrected chi connectivity index (χ3v) is 6.44. The molecule has 4 N–H and O–H groups in total. The van der Waals surface area contributed by atoms with Gasteiger partial charge in [0.1, 0.15) is 0 Å². The van der Waals surface area contributed by atoms with E-state index in [-0.39, 0.29) is 23.5 Å². The second-order valence-electron chi connectivity index (χ2n) is 8.40. The molecule has 0 spiro atoms. The topological polar surface area (TPSA) is 69.1 Å². The van der Waals surface area contributed by atoms with Crippen molar-refractivity contribution < 1.29 is 31.1 Å². The molecule has 0 aromatic heterocycles. The van der Waals surface area contributed by atoms with Crippen molar-refractivity contribution in [3.63, 3.8) is 0 Å². The van der Waals surface area contributed by atoms with Gasteiger partial charge in [0, 0.05) is 5.54 Å². The highest BCUT2D eigenvalue weighted by atomic mass is 35.5. The maximum atomic E-state index is 12.9. The molecule has 4 rings (SSSR count). The molecule has 10 heteroatoms. The van der Waals surface area contributed by atoms with Gasteiger partial charge in [0.2, 0.25) is 5.91 Å². The number of hydrogen-bond acceptors (Lipinski definition) is 2. The smallest absolute Gasteiger partial charge is 0.369 e. The first kappa shape index (κ1) is 27.0. The molecule has 2 aromatic carbocycles. The normalized spacial score (nSPS) is 18.5. The minimum atomic E-state index is -4.45. The zero-order chi connectivity index (χ0) is 23.8. The van der Waals surface area contributed by atoms with Crippen LogP contribution in [0.1, 0.15) is 60.8 Å². The molecule has 1 amide bonds. The van der Waals surface area contributed by atoms with Gasteiger partial charge in [-0.2, -0.15) is 26.3 Å². The first-order valence-corrected chi connectivity index (χ1v) is 10.2. The second-order valence-corrected chi connectivity index (χ2v) is 8.40. The van der Waals surface area contributed by atoms with E-state index < -0.39 is 40.3 Å². The van der Waals surface area contributed by atoms with Crippen LogP contribution in [0.15, 0.2) is 48.5 Å². The fourth-order valence-corrected chi connectivity index (χ4v) is 4.32. The van der Waals surface area contributed by atoms with Crippen molar-refractivity contribution in [2.45, 2.75) is 61.8 Å². The quantitative estimate of drug-likeness (QED) is 0.508. The fraction of sp³-hybridized carbons (Fsp3) is 0.435. The van der Waals surface area contributed by atoms with Crippen molar-refractivity contribution in [2.24, 2.45) is 11.5 Å². The molecule has 2 aliphatic rings. The lowest BCUT2D eigenvalue weighted by Gasteiger charge is -2.40. The molecule has 0 aliphatic heterocycles. The Labute approximate surface area is 193 Å². The zero-order valence-electron chi connectivity index (χ0n) is 17.6. The van der Waals surface area contributed by atoms with Crippen LogP contribution >= 0.6 is 12.4 Å². The largest absolute Gasteiger partial charge is 0.416 e. The van der Waals surface area contributed by atoms with Crippen molar-refractivity contribution in [3.8, 4) is 0 Å². The molecule has 3 nitrogen and oxygen atoms in total. The van der Waals surface area contributed by atoms with Gasteiger partial charge in [-0.1, -0.05) is 42.8 Å². The van der Waals surface area contributed by atoms with Gasteiger partial charge in [-0.3, -0.25) is 4.79 Å². The van der Waals surface area contributed by atoms with Crippen molar-refractivity contribution in [3.05, 3.63) is 70.8 Å². The van der Waals surface area contributed by atoms with E-state index in [4.69, 9.17) is 11.5 Å². The van der Waals surface area contributed by atoms with E-state index in [0.29, 0.717) is 25.7 Å². The van der Waals surface area contributed by atoms with Crippen LogP contribution in [0.2, 0.25) is 0 Å². The van der Waals surface area contributed by atoms with E-state index >= 15 is 0 Å². The van der Waals surface area contributed by atoms with Crippen molar-refractivity contribution in [1.29, 1.82) is 0 Å². The number of halogens is 7. The Morgan fingerprint density at radius 1 is 0.727 bits per heavy atom. The van der Waals surface area contributed by atoms with Crippen molar-refractivity contribution >= 4 is 18.3 Å². The van der Waals surface area contributed by atoms with Gasteiger partial charge in [0.05, 0.1) is 16.5 Å². The van der Waals surface area contributed by atoms with Gasteiger partial charge in [0.15, 0.2) is 0 Å². The van der Waals surface area contributed by atoms with E-state index in [1.165, 1.54) is 30.3 Å². The Balaban J connectivity index is 0.000000228. The fourth-order valence-electron chi connectivity index (χ4n) is 4.32. The summed E-state index contributed by atoms with van der Waals surface area (Å²) in [7, 11) is 0. The van der Waals surface area contributed by atoms with E-state index in [0.717, 1.165) is 25.0 Å². The number of primary amides is 1. The Morgan fingerprint density at radius 3 is 1.45 bits per heavy atom. The molecular formula is C23H25ClF6N2O. The number of rotatable bonds is 3. The molecule has 2 saturated carbocycles. The molecule has 0 atom stereocenters. The lowest BCUT2D eigenvalue weighted by Crippen LogP contribution is -2.47. The van der Waals surface area contributed by atoms with Gasteiger partial charge in [0.25, 0.3) is 0 Å². The van der Waals surface area contributed by atoms with Gasteiger partial charge < -0.3 is 11.5 Å². The third kappa shape index (κ3) is 5.30. The van der Waals surface area contributed by atoms with Crippen molar-refractivity contribution in [1.82, 2.24) is 0 Å². The lowest BCUT2D eigenvalue weighted by atomic mass is 9.63. The molecule has 0 unspecified atom stereocenters. The minimum absolute atomic E-state index is 0. The molecule has 0 bridgehead atoms. The van der Waals surface area contributed by atoms with Crippen molar-refractivity contribution in [2.75, 3.05) is 0 Å². The summed E-state index contributed by atoms with van der Waals surface area (Å²) in [5.74, 6) is -0.666. The summed E-state index contributed by atoms with van der Waals surface area (Å²) in [5.41, 5.74) is 8.23. The summed E-state index contributed by atoms with van der Waals surface area (Å²) >= 11 is 0. The standard InChI is InChI=1S/C12H12F3NO.C11H12F3N.ClH/c13-12(14,15)9-5-2-1-4-8(9)11(10(16)17)6-3-7-11;12-11(13,14)9-5-2-1-4-8(9)10(15)6-3-7-10;/h1-2,4-5H,3,6-7H2,(H2,16,17);1-2,4-5H,3,6-7,15H2;1H. The van der Waals surface area contributed by atoms with Crippen LogP contribution in [0.3, 0.4) is 0 Å². The van der Waals surface area contributed by atoms with Crippen LogP contribution in [0.4, 0.5) is 26.3 Å². The minimum Gasteiger partial charge on any atom is -0.369 e. The summed E-state index contributed by atoms with van der Waals surface area (Å²) in [6.45, 7) is 0. The number of benzene rings is 2. The molecule has 2 fully saturated rings. The summed E-state index contributed by atoms with van der Waals surface area (Å²) in [4.78, 5) is 11.4. The van der Waals surface area contributed by atoms with Gasteiger partial charge in [-0.05, 0) is 55.4 Å².